The molecule has 0 fully saturated rings. The van der Waals surface area contributed by atoms with E-state index >= 15 is 0 Å². The number of aryl methyl sites for hydroxylation is 1. The van der Waals surface area contributed by atoms with Crippen LogP contribution >= 0.6 is 11.3 Å². The average Bonchev–Trinajstić information content (AvgIpc) is 3.51. The number of Topliss-reactive ketones (excluding diaryl/α,β-unsaturated/α-hetero) is 1. The number of halogens is 3. The fourth-order valence-electron chi connectivity index (χ4n) is 4.68. The zero-order valence-corrected chi connectivity index (χ0v) is 22.9. The molecule has 0 bridgehead atoms. The molecule has 1 aromatic carbocycles. The van der Waals surface area contributed by atoms with Crippen LogP contribution in [0.5, 0.6) is 0 Å². The Balaban J connectivity index is 1.89. The van der Waals surface area contributed by atoms with E-state index in [2.05, 4.69) is 11.2 Å². The molecule has 3 heterocycles. The fourth-order valence-corrected chi connectivity index (χ4v) is 5.72. The maximum absolute atomic E-state index is 14.1. The quantitative estimate of drug-likeness (QED) is 0.291. The van der Waals surface area contributed by atoms with Crippen LogP contribution in [0, 0.1) is 11.3 Å². The number of nitrogens with zero attached hydrogens (tertiary/aromatic N) is 5. The fraction of sp³-hybridized carbons (Fsp3) is 0.357. The third-order valence-corrected chi connectivity index (χ3v) is 7.63. The lowest BCUT2D eigenvalue weighted by molar-refractivity contribution is -0.141. The Kier molecular flexibility index (Phi) is 8.09. The maximum Gasteiger partial charge on any atom is 0.435 e. The summed E-state index contributed by atoms with van der Waals surface area (Å²) in [5.74, 6) is -1.02. The molecular weight excluding hydrogens is 527 g/mol. The number of thiophene rings is 1. The Morgan fingerprint density at radius 3 is 2.59 bits per heavy atom. The molecule has 1 amide bonds. The molecule has 0 N–H and O–H groups in total. The molecule has 0 aliphatic carbocycles. The van der Waals surface area contributed by atoms with Gasteiger partial charge in [-0.2, -0.15) is 23.5 Å². The van der Waals surface area contributed by atoms with Gasteiger partial charge < -0.3 is 9.80 Å². The highest BCUT2D eigenvalue weighted by Crippen LogP contribution is 2.44. The number of ketones is 1. The Bertz CT molecular complexity index is 1480. The standard InChI is InChI=1S/C28H28F3N5O2S/c1-5-36-15-24(27(33-36)28(29,30)31)21-11-18(17(2)37)8-9-20(21)23-14-35(26(38)7-6-10-34(3)4)16-25-22(23)12-19(13-32)39-25/h6-9,11-12,15,23H,5,10,14,16H2,1-4H3/b7-6+. The number of alkyl halides is 3. The zero-order chi connectivity index (χ0) is 28.5. The molecule has 0 radical (unpaired) electrons. The summed E-state index contributed by atoms with van der Waals surface area (Å²) in [6.45, 7) is 4.36. The number of amides is 1. The number of carbonyl (C=O) groups excluding carboxylic acids is 2. The van der Waals surface area contributed by atoms with Crippen molar-refractivity contribution < 1.29 is 22.8 Å². The van der Waals surface area contributed by atoms with E-state index in [0.717, 1.165) is 10.4 Å². The summed E-state index contributed by atoms with van der Waals surface area (Å²) in [6, 6.07) is 8.61. The van der Waals surface area contributed by atoms with Gasteiger partial charge in [0.1, 0.15) is 10.9 Å². The lowest BCUT2D eigenvalue weighted by Gasteiger charge is -2.33. The summed E-state index contributed by atoms with van der Waals surface area (Å²) in [7, 11) is 3.77. The van der Waals surface area contributed by atoms with Crippen molar-refractivity contribution in [2.75, 3.05) is 27.2 Å². The van der Waals surface area contributed by atoms with Crippen LogP contribution < -0.4 is 0 Å². The smallest absolute Gasteiger partial charge is 0.333 e. The second kappa shape index (κ2) is 11.2. The van der Waals surface area contributed by atoms with E-state index in [9.17, 15) is 28.0 Å². The molecule has 1 aliphatic rings. The van der Waals surface area contributed by atoms with E-state index in [1.54, 1.807) is 36.1 Å². The molecule has 11 heteroatoms. The molecule has 204 valence electrons. The third kappa shape index (κ3) is 5.97. The topological polar surface area (TPSA) is 82.2 Å². The van der Waals surface area contributed by atoms with E-state index in [4.69, 9.17) is 0 Å². The molecule has 0 spiro atoms. The molecule has 1 aliphatic heterocycles. The summed E-state index contributed by atoms with van der Waals surface area (Å²) in [5.41, 5.74) is 0.655. The average molecular weight is 556 g/mol. The lowest BCUT2D eigenvalue weighted by Crippen LogP contribution is -2.37. The number of benzene rings is 1. The highest BCUT2D eigenvalue weighted by atomic mass is 32.1. The van der Waals surface area contributed by atoms with Gasteiger partial charge in [0.05, 0.1) is 6.54 Å². The number of likely N-dealkylation sites (N-methyl/N-ethyl adjacent to an activating group) is 1. The van der Waals surface area contributed by atoms with Crippen LogP contribution in [-0.4, -0.2) is 58.5 Å². The first-order chi connectivity index (χ1) is 18.4. The van der Waals surface area contributed by atoms with Crippen molar-refractivity contribution in [3.8, 4) is 17.2 Å². The zero-order valence-electron chi connectivity index (χ0n) is 22.0. The summed E-state index contributed by atoms with van der Waals surface area (Å²) in [4.78, 5) is 30.2. The van der Waals surface area contributed by atoms with Crippen molar-refractivity contribution in [1.29, 1.82) is 5.26 Å². The van der Waals surface area contributed by atoms with Crippen LogP contribution in [0.4, 0.5) is 13.2 Å². The second-order valence-corrected chi connectivity index (χ2v) is 10.8. The van der Waals surface area contributed by atoms with E-state index < -0.39 is 17.8 Å². The van der Waals surface area contributed by atoms with Crippen LogP contribution in [0.15, 0.2) is 42.6 Å². The number of aromatic nitrogens is 2. The van der Waals surface area contributed by atoms with Gasteiger partial charge in [-0.1, -0.05) is 18.2 Å². The Hall–Kier alpha value is -3.75. The first-order valence-electron chi connectivity index (χ1n) is 12.4. The van der Waals surface area contributed by atoms with E-state index in [1.165, 1.54) is 41.3 Å². The molecule has 39 heavy (non-hydrogen) atoms. The predicted molar refractivity (Wildman–Crippen MR) is 142 cm³/mol. The van der Waals surface area contributed by atoms with Gasteiger partial charge in [-0.05, 0) is 56.8 Å². The molecule has 7 nitrogen and oxygen atoms in total. The van der Waals surface area contributed by atoms with Gasteiger partial charge in [-0.3, -0.25) is 14.3 Å². The largest absolute Gasteiger partial charge is 0.435 e. The molecule has 2 aromatic heterocycles. The molecular formula is C28H28F3N5O2S. The molecule has 1 atom stereocenters. The third-order valence-electron chi connectivity index (χ3n) is 6.59. The Morgan fingerprint density at radius 2 is 1.97 bits per heavy atom. The van der Waals surface area contributed by atoms with E-state index in [1.807, 2.05) is 19.0 Å². The van der Waals surface area contributed by atoms with Crippen molar-refractivity contribution in [2.24, 2.45) is 0 Å². The van der Waals surface area contributed by atoms with Crippen LogP contribution in [-0.2, 0) is 24.1 Å². The van der Waals surface area contributed by atoms with Gasteiger partial charge in [0.25, 0.3) is 0 Å². The summed E-state index contributed by atoms with van der Waals surface area (Å²) >= 11 is 1.27. The Morgan fingerprint density at radius 1 is 1.23 bits per heavy atom. The number of rotatable bonds is 7. The Labute approximate surface area is 228 Å². The summed E-state index contributed by atoms with van der Waals surface area (Å²) < 4.78 is 43.5. The number of hydrogen-bond donors (Lipinski definition) is 0. The van der Waals surface area contributed by atoms with Crippen molar-refractivity contribution >= 4 is 23.0 Å². The van der Waals surface area contributed by atoms with Crippen molar-refractivity contribution in [1.82, 2.24) is 19.6 Å². The maximum atomic E-state index is 14.1. The first kappa shape index (κ1) is 28.3. The minimum absolute atomic E-state index is 0.130. The van der Waals surface area contributed by atoms with Crippen molar-refractivity contribution in [2.45, 2.75) is 39.0 Å². The van der Waals surface area contributed by atoms with Crippen LogP contribution in [0.1, 0.15) is 56.7 Å². The minimum atomic E-state index is -4.72. The van der Waals surface area contributed by atoms with Gasteiger partial charge in [0.2, 0.25) is 5.91 Å². The van der Waals surface area contributed by atoms with E-state index in [0.29, 0.717) is 23.5 Å². The number of nitriles is 1. The number of fused-ring (bicyclic) bond motifs is 1. The highest BCUT2D eigenvalue weighted by Gasteiger charge is 2.39. The molecule has 1 unspecified atom stereocenters. The lowest BCUT2D eigenvalue weighted by atomic mass is 9.82. The van der Waals surface area contributed by atoms with Crippen LogP contribution in [0.2, 0.25) is 0 Å². The van der Waals surface area contributed by atoms with E-state index in [-0.39, 0.29) is 41.5 Å². The predicted octanol–water partition coefficient (Wildman–Crippen LogP) is 5.32. The van der Waals surface area contributed by atoms with Crippen LogP contribution in [0.3, 0.4) is 0 Å². The van der Waals surface area contributed by atoms with Crippen molar-refractivity contribution in [3.63, 3.8) is 0 Å². The minimum Gasteiger partial charge on any atom is -0.333 e. The first-order valence-corrected chi connectivity index (χ1v) is 13.2. The van der Waals surface area contributed by atoms with Gasteiger partial charge in [-0.25, -0.2) is 0 Å². The highest BCUT2D eigenvalue weighted by molar-refractivity contribution is 7.12. The SMILES string of the molecule is CCn1cc(-c2cc(C(C)=O)ccc2C2CN(C(=O)/C=C/CN(C)C)Cc3sc(C#N)cc32)c(C(F)(F)F)n1. The molecule has 4 rings (SSSR count). The molecule has 0 saturated carbocycles. The second-order valence-electron chi connectivity index (χ2n) is 9.64. The summed E-state index contributed by atoms with van der Waals surface area (Å²) in [5, 5.41) is 13.3. The number of hydrogen-bond acceptors (Lipinski definition) is 6. The monoisotopic (exact) mass is 555 g/mol. The molecule has 3 aromatic rings. The van der Waals surface area contributed by atoms with Gasteiger partial charge in [0, 0.05) is 53.8 Å². The van der Waals surface area contributed by atoms with Gasteiger partial charge >= 0.3 is 6.18 Å². The number of carbonyl (C=O) groups is 2. The molecule has 0 saturated heterocycles. The van der Waals surface area contributed by atoms with Gasteiger partial charge in [0.15, 0.2) is 11.5 Å². The van der Waals surface area contributed by atoms with Crippen LogP contribution in [0.25, 0.3) is 11.1 Å². The summed E-state index contributed by atoms with van der Waals surface area (Å²) in [6.07, 6.45) is -0.124. The van der Waals surface area contributed by atoms with Gasteiger partial charge in [-0.15, -0.1) is 11.3 Å². The van der Waals surface area contributed by atoms with Crippen molar-refractivity contribution in [3.05, 3.63) is 74.8 Å². The normalized spacial score (nSPS) is 15.6.